The third kappa shape index (κ3) is 3.09. The monoisotopic (exact) mass is 412 g/mol. The number of rotatable bonds is 2. The van der Waals surface area contributed by atoms with Crippen molar-refractivity contribution < 1.29 is 0 Å². The molecule has 0 saturated carbocycles. The van der Waals surface area contributed by atoms with Gasteiger partial charge in [0.25, 0.3) is 0 Å². The van der Waals surface area contributed by atoms with E-state index in [-0.39, 0.29) is 0 Å². The number of anilines is 1. The Morgan fingerprint density at radius 1 is 1.10 bits per heavy atom. The molecule has 2 aromatic heterocycles. The van der Waals surface area contributed by atoms with Crippen molar-refractivity contribution in [1.82, 2.24) is 9.97 Å². The van der Waals surface area contributed by atoms with Crippen LogP contribution < -0.4 is 5.32 Å². The second-order valence-corrected chi connectivity index (χ2v) is 7.95. The van der Waals surface area contributed by atoms with Crippen LogP contribution in [0.1, 0.15) is 11.1 Å². The topological polar surface area (TPSA) is 61.6 Å². The van der Waals surface area contributed by atoms with Gasteiger partial charge in [0.05, 0.1) is 38.1 Å². The number of pyridine rings is 1. The minimum atomic E-state index is 0.584. The van der Waals surface area contributed by atoms with Gasteiger partial charge in [-0.15, -0.1) is 11.3 Å². The van der Waals surface area contributed by atoms with E-state index in [1.54, 1.807) is 22.9 Å². The van der Waals surface area contributed by atoms with E-state index in [4.69, 9.17) is 16.6 Å². The molecule has 0 spiro atoms. The molecule has 0 amide bonds. The summed E-state index contributed by atoms with van der Waals surface area (Å²) >= 11 is 8.05. The van der Waals surface area contributed by atoms with Crippen molar-refractivity contribution in [2.75, 3.05) is 5.32 Å². The Balaban J connectivity index is 1.80. The second kappa shape index (κ2) is 6.85. The Bertz CT molecular complexity index is 1380. The van der Waals surface area contributed by atoms with Crippen LogP contribution in [-0.2, 0) is 0 Å². The first kappa shape index (κ1) is 17.6. The van der Waals surface area contributed by atoms with E-state index >= 15 is 0 Å². The van der Waals surface area contributed by atoms with Crippen molar-refractivity contribution >= 4 is 45.0 Å². The maximum absolute atomic E-state index is 9.33. The fraction of sp³-hybridized carbons (Fsp3) is 0. The van der Waals surface area contributed by atoms with E-state index in [2.05, 4.69) is 35.1 Å². The molecule has 1 aliphatic rings. The highest BCUT2D eigenvalue weighted by molar-refractivity contribution is 7.16. The number of hydrogen-bond donors (Lipinski definition) is 1. The highest BCUT2D eigenvalue weighted by Gasteiger charge is 2.18. The SMILES string of the molecule is C=C1C=Cc2cc(-c3cc(Cl)c4ncsc4c3)c(-c3cccc(C#N)c3)nc2N1. The Labute approximate surface area is 176 Å². The number of halogens is 1. The predicted molar refractivity (Wildman–Crippen MR) is 120 cm³/mol. The van der Waals surface area contributed by atoms with E-state index in [9.17, 15) is 5.26 Å². The summed E-state index contributed by atoms with van der Waals surface area (Å²) in [6.07, 6.45) is 3.91. The van der Waals surface area contributed by atoms with Gasteiger partial charge >= 0.3 is 0 Å². The first-order valence-corrected chi connectivity index (χ1v) is 10.1. The summed E-state index contributed by atoms with van der Waals surface area (Å²) in [6.45, 7) is 3.96. The summed E-state index contributed by atoms with van der Waals surface area (Å²) in [7, 11) is 0. The molecule has 0 bridgehead atoms. The zero-order chi connectivity index (χ0) is 20.0. The Kier molecular flexibility index (Phi) is 4.17. The Morgan fingerprint density at radius 3 is 2.86 bits per heavy atom. The summed E-state index contributed by atoms with van der Waals surface area (Å²) in [5, 5.41) is 13.2. The lowest BCUT2D eigenvalue weighted by atomic mass is 9.95. The van der Waals surface area contributed by atoms with Gasteiger partial charge in [-0.2, -0.15) is 5.26 Å². The van der Waals surface area contributed by atoms with Crippen molar-refractivity contribution in [2.45, 2.75) is 0 Å². The molecule has 5 rings (SSSR count). The van der Waals surface area contributed by atoms with Crippen LogP contribution in [0.3, 0.4) is 0 Å². The number of hydrogen-bond acceptors (Lipinski definition) is 5. The molecule has 0 aliphatic carbocycles. The molecule has 138 valence electrons. The predicted octanol–water partition coefficient (Wildman–Crippen LogP) is 6.50. The number of nitrogens with zero attached hydrogens (tertiary/aromatic N) is 3. The maximum atomic E-state index is 9.33. The lowest BCUT2D eigenvalue weighted by Gasteiger charge is -2.19. The van der Waals surface area contributed by atoms with Gasteiger partial charge in [0.15, 0.2) is 0 Å². The quantitative estimate of drug-likeness (QED) is 0.408. The molecule has 0 atom stereocenters. The Hall–Kier alpha value is -3.46. The highest BCUT2D eigenvalue weighted by Crippen LogP contribution is 2.39. The van der Waals surface area contributed by atoms with Crippen LogP contribution in [-0.4, -0.2) is 9.97 Å². The maximum Gasteiger partial charge on any atom is 0.138 e. The lowest BCUT2D eigenvalue weighted by Crippen LogP contribution is -2.06. The highest BCUT2D eigenvalue weighted by atomic mass is 35.5. The lowest BCUT2D eigenvalue weighted by molar-refractivity contribution is 1.27. The van der Waals surface area contributed by atoms with Crippen molar-refractivity contribution in [1.29, 1.82) is 5.26 Å². The number of allylic oxidation sites excluding steroid dienone is 1. The van der Waals surface area contributed by atoms with Gasteiger partial charge in [0, 0.05) is 22.4 Å². The summed E-state index contributed by atoms with van der Waals surface area (Å²) in [5.74, 6) is 0.739. The number of thiazole rings is 1. The van der Waals surface area contributed by atoms with Crippen molar-refractivity contribution in [3.63, 3.8) is 0 Å². The molecule has 3 heterocycles. The molecule has 0 saturated heterocycles. The van der Waals surface area contributed by atoms with Gasteiger partial charge in [0.1, 0.15) is 5.82 Å². The summed E-state index contributed by atoms with van der Waals surface area (Å²) in [6, 6.07) is 15.7. The first-order valence-electron chi connectivity index (χ1n) is 8.85. The number of aromatic nitrogens is 2. The largest absolute Gasteiger partial charge is 0.340 e. The average Bonchev–Trinajstić information content (AvgIpc) is 3.22. The number of nitriles is 1. The van der Waals surface area contributed by atoms with Gasteiger partial charge in [-0.25, -0.2) is 9.97 Å². The molecule has 1 N–H and O–H groups in total. The molecule has 2 aromatic carbocycles. The van der Waals surface area contributed by atoms with Crippen molar-refractivity contribution in [3.8, 4) is 28.5 Å². The van der Waals surface area contributed by atoms with Gasteiger partial charge in [-0.1, -0.05) is 30.3 Å². The molecule has 0 fully saturated rings. The summed E-state index contributed by atoms with van der Waals surface area (Å²) in [4.78, 5) is 9.23. The number of fused-ring (bicyclic) bond motifs is 2. The molecule has 1 aliphatic heterocycles. The average molecular weight is 413 g/mol. The fourth-order valence-electron chi connectivity index (χ4n) is 3.40. The third-order valence-electron chi connectivity index (χ3n) is 4.76. The fourth-order valence-corrected chi connectivity index (χ4v) is 4.46. The van der Waals surface area contributed by atoms with Crippen LogP contribution >= 0.6 is 22.9 Å². The first-order chi connectivity index (χ1) is 14.1. The summed E-state index contributed by atoms with van der Waals surface area (Å²) in [5.41, 5.74) is 8.46. The molecule has 29 heavy (non-hydrogen) atoms. The third-order valence-corrected chi connectivity index (χ3v) is 5.83. The molecule has 0 radical (unpaired) electrons. The van der Waals surface area contributed by atoms with E-state index in [1.165, 1.54) is 0 Å². The summed E-state index contributed by atoms with van der Waals surface area (Å²) < 4.78 is 1.02. The van der Waals surface area contributed by atoms with E-state index in [1.807, 2.05) is 36.4 Å². The van der Waals surface area contributed by atoms with Crippen LogP contribution in [0.25, 0.3) is 38.7 Å². The van der Waals surface area contributed by atoms with E-state index in [0.29, 0.717) is 10.6 Å². The minimum Gasteiger partial charge on any atom is -0.340 e. The van der Waals surface area contributed by atoms with Crippen LogP contribution in [0.4, 0.5) is 5.82 Å². The van der Waals surface area contributed by atoms with Crippen molar-refractivity contribution in [3.05, 3.63) is 82.5 Å². The standard InChI is InChI=1S/C23H13ClN4S/c1-13-5-6-16-8-18(17-9-19(24)22-20(10-17)29-12-26-22)21(28-23(16)27-13)15-4-2-3-14(7-15)11-25/h2-10,12H,1H2,(H,27,28). The number of nitrogens with one attached hydrogen (secondary N) is 1. The van der Waals surface area contributed by atoms with Gasteiger partial charge < -0.3 is 5.32 Å². The zero-order valence-electron chi connectivity index (χ0n) is 15.1. The second-order valence-electron chi connectivity index (χ2n) is 6.66. The Morgan fingerprint density at radius 2 is 2.00 bits per heavy atom. The number of benzene rings is 2. The molecular weight excluding hydrogens is 400 g/mol. The van der Waals surface area contributed by atoms with Crippen LogP contribution in [0.2, 0.25) is 5.02 Å². The van der Waals surface area contributed by atoms with Gasteiger partial charge in [-0.3, -0.25) is 0 Å². The molecule has 0 unspecified atom stereocenters. The molecule has 4 aromatic rings. The van der Waals surface area contributed by atoms with Gasteiger partial charge in [-0.05, 0) is 48.0 Å². The van der Waals surface area contributed by atoms with Gasteiger partial charge in [0.2, 0.25) is 0 Å². The smallest absolute Gasteiger partial charge is 0.138 e. The molecule has 6 heteroatoms. The van der Waals surface area contributed by atoms with Crippen molar-refractivity contribution in [2.24, 2.45) is 0 Å². The van der Waals surface area contributed by atoms with Crippen LogP contribution in [0, 0.1) is 11.3 Å². The van der Waals surface area contributed by atoms with E-state index < -0.39 is 0 Å². The van der Waals surface area contributed by atoms with E-state index in [0.717, 1.165) is 49.7 Å². The normalized spacial score (nSPS) is 12.5. The van der Waals surface area contributed by atoms with Crippen LogP contribution in [0.5, 0.6) is 0 Å². The molecular formula is C23H13ClN4S. The minimum absolute atomic E-state index is 0.584. The molecule has 4 nitrogen and oxygen atoms in total. The van der Waals surface area contributed by atoms with Crippen LogP contribution in [0.15, 0.2) is 66.3 Å². The zero-order valence-corrected chi connectivity index (χ0v) is 16.7.